The zero-order valence-electron chi connectivity index (χ0n) is 12.4. The molecule has 23 heavy (non-hydrogen) atoms. The molecule has 2 aromatic carbocycles. The van der Waals surface area contributed by atoms with E-state index in [0.29, 0.717) is 10.7 Å². The molecule has 0 radical (unpaired) electrons. The van der Waals surface area contributed by atoms with E-state index in [0.717, 1.165) is 16.1 Å². The van der Waals surface area contributed by atoms with Crippen LogP contribution in [0.5, 0.6) is 0 Å². The van der Waals surface area contributed by atoms with Crippen LogP contribution in [0.3, 0.4) is 0 Å². The van der Waals surface area contributed by atoms with Gasteiger partial charge in [-0.3, -0.25) is 9.59 Å². The van der Waals surface area contributed by atoms with Crippen molar-refractivity contribution in [3.63, 3.8) is 0 Å². The molecule has 0 saturated heterocycles. The Labute approximate surface area is 143 Å². The molecule has 0 aliphatic carbocycles. The lowest BCUT2D eigenvalue weighted by molar-refractivity contribution is -0.120. The minimum atomic E-state index is -0.433. The van der Waals surface area contributed by atoms with Gasteiger partial charge in [-0.05, 0) is 42.8 Å². The van der Waals surface area contributed by atoms with Crippen LogP contribution in [0.15, 0.2) is 47.4 Å². The molecule has 1 atom stereocenters. The lowest BCUT2D eigenvalue weighted by Gasteiger charge is -2.23. The molecule has 0 unspecified atom stereocenters. The fraction of sp³-hybridized carbons (Fsp3) is 0.176. The Morgan fingerprint density at radius 3 is 2.87 bits per heavy atom. The van der Waals surface area contributed by atoms with Crippen LogP contribution in [0.25, 0.3) is 0 Å². The molecule has 3 rings (SSSR count). The minimum Gasteiger partial charge on any atom is -0.326 e. The Bertz CT molecular complexity index is 779. The molecule has 0 spiro atoms. The highest BCUT2D eigenvalue weighted by Gasteiger charge is 2.28. The van der Waals surface area contributed by atoms with Crippen molar-refractivity contribution >= 4 is 46.6 Å². The van der Waals surface area contributed by atoms with Crippen molar-refractivity contribution in [3.05, 3.63) is 53.1 Å². The van der Waals surface area contributed by atoms with Crippen LogP contribution < -0.4 is 10.6 Å². The summed E-state index contributed by atoms with van der Waals surface area (Å²) < 4.78 is 0. The number of hydrogen-bond acceptors (Lipinski definition) is 3. The van der Waals surface area contributed by atoms with E-state index >= 15 is 0 Å². The van der Waals surface area contributed by atoms with Crippen LogP contribution in [0, 0.1) is 6.92 Å². The second-order valence-corrected chi connectivity index (χ2v) is 6.98. The van der Waals surface area contributed by atoms with Crippen molar-refractivity contribution in [1.82, 2.24) is 0 Å². The van der Waals surface area contributed by atoms with Crippen LogP contribution in [0.2, 0.25) is 5.02 Å². The quantitative estimate of drug-likeness (QED) is 0.880. The van der Waals surface area contributed by atoms with Gasteiger partial charge >= 0.3 is 0 Å². The smallest absolute Gasteiger partial charge is 0.238 e. The maximum absolute atomic E-state index is 12.2. The number of anilines is 2. The monoisotopic (exact) mass is 346 g/mol. The van der Waals surface area contributed by atoms with Gasteiger partial charge in [0, 0.05) is 22.0 Å². The highest BCUT2D eigenvalue weighted by Crippen LogP contribution is 2.36. The highest BCUT2D eigenvalue weighted by atomic mass is 35.5. The SMILES string of the molecule is Cc1cc(Cl)ccc1NC(=O)C[C@@H]1Sc2ccccc2NC1=O. The van der Waals surface area contributed by atoms with Gasteiger partial charge in [0.2, 0.25) is 11.8 Å². The van der Waals surface area contributed by atoms with Crippen LogP contribution in [-0.2, 0) is 9.59 Å². The first-order valence-electron chi connectivity index (χ1n) is 7.15. The number of halogens is 1. The van der Waals surface area contributed by atoms with Crippen LogP contribution >= 0.6 is 23.4 Å². The van der Waals surface area contributed by atoms with E-state index in [4.69, 9.17) is 11.6 Å². The van der Waals surface area contributed by atoms with E-state index in [-0.39, 0.29) is 18.2 Å². The van der Waals surface area contributed by atoms with Crippen LogP contribution in [0.4, 0.5) is 11.4 Å². The van der Waals surface area contributed by atoms with E-state index in [1.54, 1.807) is 18.2 Å². The molecule has 2 amide bonds. The van der Waals surface area contributed by atoms with Gasteiger partial charge in [-0.25, -0.2) is 0 Å². The molecular formula is C17H15ClN2O2S. The molecule has 6 heteroatoms. The van der Waals surface area contributed by atoms with Crippen molar-refractivity contribution in [3.8, 4) is 0 Å². The number of nitrogens with one attached hydrogen (secondary N) is 2. The summed E-state index contributed by atoms with van der Waals surface area (Å²) >= 11 is 7.32. The lowest BCUT2D eigenvalue weighted by Crippen LogP contribution is -2.32. The van der Waals surface area contributed by atoms with Gasteiger partial charge in [0.1, 0.15) is 0 Å². The predicted octanol–water partition coefficient (Wildman–Crippen LogP) is 4.09. The highest BCUT2D eigenvalue weighted by molar-refractivity contribution is 8.01. The van der Waals surface area contributed by atoms with Crippen molar-refractivity contribution in [2.75, 3.05) is 10.6 Å². The summed E-state index contributed by atoms with van der Waals surface area (Å²) in [4.78, 5) is 25.3. The molecular weight excluding hydrogens is 332 g/mol. The van der Waals surface area contributed by atoms with E-state index in [1.165, 1.54) is 11.8 Å². The fourth-order valence-electron chi connectivity index (χ4n) is 2.36. The van der Waals surface area contributed by atoms with E-state index in [2.05, 4.69) is 10.6 Å². The van der Waals surface area contributed by atoms with Crippen molar-refractivity contribution < 1.29 is 9.59 Å². The summed E-state index contributed by atoms with van der Waals surface area (Å²) in [5, 5.41) is 5.87. The number of benzene rings is 2. The molecule has 0 bridgehead atoms. The fourth-order valence-corrected chi connectivity index (χ4v) is 3.70. The first-order chi connectivity index (χ1) is 11.0. The number of rotatable bonds is 3. The Balaban J connectivity index is 1.67. The van der Waals surface area contributed by atoms with Gasteiger partial charge in [0.05, 0.1) is 10.9 Å². The molecule has 2 aromatic rings. The molecule has 118 valence electrons. The lowest BCUT2D eigenvalue weighted by atomic mass is 10.2. The summed E-state index contributed by atoms with van der Waals surface area (Å²) in [6.45, 7) is 1.87. The normalized spacial score (nSPS) is 16.4. The summed E-state index contributed by atoms with van der Waals surface area (Å²) in [6, 6.07) is 12.9. The number of thioether (sulfide) groups is 1. The standard InChI is InChI=1S/C17H15ClN2O2S/c1-10-8-11(18)6-7-12(10)19-16(21)9-15-17(22)20-13-4-2-3-5-14(13)23-15/h2-8,15H,9H2,1H3,(H,19,21)(H,20,22)/t15-/m0/s1. The topological polar surface area (TPSA) is 58.2 Å². The molecule has 1 aliphatic rings. The zero-order valence-corrected chi connectivity index (χ0v) is 14.0. The molecule has 0 aromatic heterocycles. The Morgan fingerprint density at radius 2 is 2.09 bits per heavy atom. The number of carbonyl (C=O) groups excluding carboxylic acids is 2. The van der Waals surface area contributed by atoms with Crippen molar-refractivity contribution in [2.45, 2.75) is 23.5 Å². The molecule has 0 saturated carbocycles. The number of fused-ring (bicyclic) bond motifs is 1. The van der Waals surface area contributed by atoms with Gasteiger partial charge in [-0.2, -0.15) is 0 Å². The summed E-state index contributed by atoms with van der Waals surface area (Å²) in [6.07, 6.45) is 0.118. The van der Waals surface area contributed by atoms with Gasteiger partial charge in [-0.15, -0.1) is 11.8 Å². The first kappa shape index (κ1) is 15.9. The van der Waals surface area contributed by atoms with Gasteiger partial charge in [0.15, 0.2) is 0 Å². The predicted molar refractivity (Wildman–Crippen MR) is 94.2 cm³/mol. The van der Waals surface area contributed by atoms with Crippen molar-refractivity contribution in [1.29, 1.82) is 0 Å². The van der Waals surface area contributed by atoms with Gasteiger partial charge < -0.3 is 10.6 Å². The average Bonchev–Trinajstić information content (AvgIpc) is 2.51. The Hall–Kier alpha value is -1.98. The zero-order chi connectivity index (χ0) is 16.4. The third kappa shape index (κ3) is 3.68. The summed E-state index contributed by atoms with van der Waals surface area (Å²) in [5.41, 5.74) is 2.39. The summed E-state index contributed by atoms with van der Waals surface area (Å²) in [7, 11) is 0. The first-order valence-corrected chi connectivity index (χ1v) is 8.41. The second-order valence-electron chi connectivity index (χ2n) is 5.30. The molecule has 2 N–H and O–H groups in total. The van der Waals surface area contributed by atoms with E-state index in [9.17, 15) is 9.59 Å². The van der Waals surface area contributed by atoms with E-state index in [1.807, 2.05) is 31.2 Å². The number of carbonyl (C=O) groups is 2. The molecule has 4 nitrogen and oxygen atoms in total. The van der Waals surface area contributed by atoms with Crippen molar-refractivity contribution in [2.24, 2.45) is 0 Å². The average molecular weight is 347 g/mol. The van der Waals surface area contributed by atoms with Gasteiger partial charge in [0.25, 0.3) is 0 Å². The molecule has 1 aliphatic heterocycles. The Morgan fingerprint density at radius 1 is 1.30 bits per heavy atom. The third-order valence-electron chi connectivity index (χ3n) is 3.54. The maximum Gasteiger partial charge on any atom is 0.238 e. The molecule has 1 heterocycles. The maximum atomic E-state index is 12.2. The van der Waals surface area contributed by atoms with E-state index < -0.39 is 5.25 Å². The number of para-hydroxylation sites is 1. The molecule has 0 fully saturated rings. The van der Waals surface area contributed by atoms with Crippen LogP contribution in [-0.4, -0.2) is 17.1 Å². The number of hydrogen-bond donors (Lipinski definition) is 2. The number of aryl methyl sites for hydroxylation is 1. The Kier molecular flexibility index (Phi) is 4.59. The van der Waals surface area contributed by atoms with Crippen LogP contribution in [0.1, 0.15) is 12.0 Å². The number of amides is 2. The minimum absolute atomic E-state index is 0.118. The third-order valence-corrected chi connectivity index (χ3v) is 5.05. The summed E-state index contributed by atoms with van der Waals surface area (Å²) in [5.74, 6) is -0.334. The largest absolute Gasteiger partial charge is 0.326 e. The van der Waals surface area contributed by atoms with Gasteiger partial charge in [-0.1, -0.05) is 23.7 Å². The second kappa shape index (κ2) is 6.64.